The van der Waals surface area contributed by atoms with E-state index in [1.54, 1.807) is 0 Å². The van der Waals surface area contributed by atoms with E-state index >= 15 is 0 Å². The van der Waals surface area contributed by atoms with Crippen molar-refractivity contribution in [3.05, 3.63) is 53.6 Å². The summed E-state index contributed by atoms with van der Waals surface area (Å²) in [7, 11) is 0. The van der Waals surface area contributed by atoms with Gasteiger partial charge in [-0.25, -0.2) is 10.4 Å². The lowest BCUT2D eigenvalue weighted by molar-refractivity contribution is 0.265. The van der Waals surface area contributed by atoms with Crippen LogP contribution in [0, 0.1) is 5.92 Å². The van der Waals surface area contributed by atoms with Crippen molar-refractivity contribution in [2.24, 2.45) is 5.92 Å². The third-order valence-electron chi connectivity index (χ3n) is 8.85. The second-order valence-electron chi connectivity index (χ2n) is 11.2. The van der Waals surface area contributed by atoms with Crippen LogP contribution in [-0.2, 0) is 6.54 Å². The number of fused-ring (bicyclic) bond motifs is 2. The topological polar surface area (TPSA) is 84.1 Å². The minimum atomic E-state index is 0.240. The minimum absolute atomic E-state index is 0.240. The van der Waals surface area contributed by atoms with Crippen molar-refractivity contribution in [2.45, 2.75) is 63.2 Å². The highest BCUT2D eigenvalue weighted by Gasteiger charge is 2.42. The van der Waals surface area contributed by atoms with Crippen LogP contribution in [0.2, 0.25) is 0 Å². The second-order valence-corrected chi connectivity index (χ2v) is 11.2. The Morgan fingerprint density at radius 3 is 2.69 bits per heavy atom. The van der Waals surface area contributed by atoms with Crippen molar-refractivity contribution in [1.29, 1.82) is 0 Å². The molecular weight excluding hydrogens is 448 g/mol. The molecular formula is C28H38N8. The van der Waals surface area contributed by atoms with E-state index in [0.29, 0.717) is 18.0 Å². The van der Waals surface area contributed by atoms with E-state index in [-0.39, 0.29) is 6.04 Å². The molecule has 3 aromatic heterocycles. The van der Waals surface area contributed by atoms with Crippen LogP contribution in [0.25, 0.3) is 11.0 Å². The van der Waals surface area contributed by atoms with Gasteiger partial charge in [-0.1, -0.05) is 0 Å². The van der Waals surface area contributed by atoms with Crippen LogP contribution in [0.15, 0.2) is 36.8 Å². The first-order valence-corrected chi connectivity index (χ1v) is 13.9. The number of rotatable bonds is 5. The van der Waals surface area contributed by atoms with Gasteiger partial charge in [0.1, 0.15) is 5.65 Å². The summed E-state index contributed by atoms with van der Waals surface area (Å²) in [4.78, 5) is 18.1. The molecule has 8 nitrogen and oxygen atoms in total. The molecule has 0 radical (unpaired) electrons. The zero-order valence-corrected chi connectivity index (χ0v) is 21.0. The molecule has 7 heterocycles. The summed E-state index contributed by atoms with van der Waals surface area (Å²) in [6.07, 6.45) is 13.7. The normalized spacial score (nSPS) is 29.2. The summed E-state index contributed by atoms with van der Waals surface area (Å²) >= 11 is 0. The Bertz CT molecular complexity index is 1200. The van der Waals surface area contributed by atoms with E-state index in [0.717, 1.165) is 38.2 Å². The Morgan fingerprint density at radius 1 is 0.944 bits per heavy atom. The summed E-state index contributed by atoms with van der Waals surface area (Å²) in [5.41, 5.74) is 13.4. The number of H-pyrrole nitrogens is 1. The zero-order chi connectivity index (χ0) is 23.9. The first-order chi connectivity index (χ1) is 17.8. The predicted octanol–water partition coefficient (Wildman–Crippen LogP) is 3.41. The second kappa shape index (κ2) is 9.74. The Balaban J connectivity index is 1.11. The largest absolute Gasteiger partial charge is 0.371 e. The highest BCUT2D eigenvalue weighted by Crippen LogP contribution is 2.40. The maximum Gasteiger partial charge on any atom is 0.139 e. The van der Waals surface area contributed by atoms with Gasteiger partial charge in [0.2, 0.25) is 0 Å². The predicted molar refractivity (Wildman–Crippen MR) is 143 cm³/mol. The Morgan fingerprint density at radius 2 is 1.81 bits per heavy atom. The average molecular weight is 487 g/mol. The molecule has 0 saturated carbocycles. The smallest absolute Gasteiger partial charge is 0.139 e. The third kappa shape index (κ3) is 4.30. The SMILES string of the molecule is c1cc(N2CCCCC2)c2cc(C3NNC4CNC(c5cncc(CN6CCCC6)c5)CC43)[nH]c2n1. The molecule has 4 unspecified atom stereocenters. The average Bonchev–Trinajstić information content (AvgIpc) is 3.68. The van der Waals surface area contributed by atoms with Gasteiger partial charge in [0.25, 0.3) is 0 Å². The maximum atomic E-state index is 4.69. The van der Waals surface area contributed by atoms with Gasteiger partial charge in [0.05, 0.1) is 6.04 Å². The molecule has 3 aromatic rings. The standard InChI is InChI=1S/C28H38N8/c1-2-10-36(11-3-1)26-6-7-30-28-22(26)14-24(32-28)27-21-13-23(31-17-25(21)33-34-27)20-12-19(15-29-16-20)18-35-8-4-5-9-35/h6-7,12,14-16,21,23,25,27,31,33-34H,1-5,8-11,13,17-18H2,(H,30,32). The van der Waals surface area contributed by atoms with E-state index < -0.39 is 0 Å². The van der Waals surface area contributed by atoms with Crippen LogP contribution in [0.3, 0.4) is 0 Å². The summed E-state index contributed by atoms with van der Waals surface area (Å²) in [5, 5.41) is 5.05. The molecule has 0 spiro atoms. The lowest BCUT2D eigenvalue weighted by Crippen LogP contribution is -2.46. The number of hydrogen-bond donors (Lipinski definition) is 4. The molecule has 4 aliphatic heterocycles. The van der Waals surface area contributed by atoms with Gasteiger partial charge >= 0.3 is 0 Å². The fraction of sp³-hybridized carbons (Fsp3) is 0.571. The number of likely N-dealkylation sites (tertiary alicyclic amines) is 1. The molecule has 0 bridgehead atoms. The van der Waals surface area contributed by atoms with Crippen LogP contribution in [0.1, 0.15) is 67.4 Å². The molecule has 7 rings (SSSR count). The third-order valence-corrected chi connectivity index (χ3v) is 8.85. The molecule has 0 amide bonds. The Kier molecular flexibility index (Phi) is 6.13. The van der Waals surface area contributed by atoms with Gasteiger partial charge in [-0.05, 0) is 80.9 Å². The zero-order valence-electron chi connectivity index (χ0n) is 21.0. The van der Waals surface area contributed by atoms with E-state index in [1.807, 2.05) is 12.4 Å². The molecule has 4 fully saturated rings. The Hall–Kier alpha value is -2.52. The fourth-order valence-corrected chi connectivity index (χ4v) is 6.93. The van der Waals surface area contributed by atoms with Crippen molar-refractivity contribution in [1.82, 2.24) is 36.0 Å². The molecule has 0 aromatic carbocycles. The van der Waals surface area contributed by atoms with Crippen LogP contribution in [0.4, 0.5) is 5.69 Å². The van der Waals surface area contributed by atoms with Gasteiger partial charge in [0, 0.05) is 79.5 Å². The summed E-state index contributed by atoms with van der Waals surface area (Å²) in [6.45, 7) is 6.69. The molecule has 8 heteroatoms. The van der Waals surface area contributed by atoms with E-state index in [2.05, 4.69) is 60.3 Å². The number of anilines is 1. The number of aromatic nitrogens is 3. The fourth-order valence-electron chi connectivity index (χ4n) is 6.93. The highest BCUT2D eigenvalue weighted by atomic mass is 15.4. The van der Waals surface area contributed by atoms with Gasteiger partial charge in [0.15, 0.2) is 0 Å². The van der Waals surface area contributed by atoms with Crippen molar-refractivity contribution >= 4 is 16.7 Å². The van der Waals surface area contributed by atoms with E-state index in [1.165, 1.54) is 73.1 Å². The van der Waals surface area contributed by atoms with Crippen LogP contribution in [-0.4, -0.2) is 58.6 Å². The van der Waals surface area contributed by atoms with Crippen LogP contribution < -0.4 is 21.1 Å². The lowest BCUT2D eigenvalue weighted by Gasteiger charge is -2.34. The van der Waals surface area contributed by atoms with Gasteiger partial charge in [-0.2, -0.15) is 0 Å². The lowest BCUT2D eigenvalue weighted by atomic mass is 9.81. The van der Waals surface area contributed by atoms with Crippen molar-refractivity contribution in [3.8, 4) is 0 Å². The van der Waals surface area contributed by atoms with Crippen molar-refractivity contribution in [2.75, 3.05) is 37.6 Å². The molecule has 36 heavy (non-hydrogen) atoms. The van der Waals surface area contributed by atoms with Crippen molar-refractivity contribution in [3.63, 3.8) is 0 Å². The molecule has 4 saturated heterocycles. The monoisotopic (exact) mass is 486 g/mol. The Labute approximate surface area is 213 Å². The first kappa shape index (κ1) is 22.7. The molecule has 190 valence electrons. The quantitative estimate of drug-likeness (QED) is 0.440. The van der Waals surface area contributed by atoms with Gasteiger partial charge in [-0.3, -0.25) is 15.3 Å². The number of pyridine rings is 2. The van der Waals surface area contributed by atoms with E-state index in [4.69, 9.17) is 4.98 Å². The van der Waals surface area contributed by atoms with Crippen LogP contribution >= 0.6 is 0 Å². The number of nitrogens with one attached hydrogen (secondary N) is 4. The number of aromatic amines is 1. The minimum Gasteiger partial charge on any atom is -0.371 e. The number of nitrogens with zero attached hydrogens (tertiary/aromatic N) is 4. The molecule has 4 atom stereocenters. The first-order valence-electron chi connectivity index (χ1n) is 13.9. The summed E-state index contributed by atoms with van der Waals surface area (Å²) in [6, 6.07) is 7.90. The molecule has 4 aliphatic rings. The van der Waals surface area contributed by atoms with E-state index in [9.17, 15) is 0 Å². The van der Waals surface area contributed by atoms with Gasteiger partial charge < -0.3 is 15.2 Å². The summed E-state index contributed by atoms with van der Waals surface area (Å²) < 4.78 is 0. The van der Waals surface area contributed by atoms with Crippen LogP contribution in [0.5, 0.6) is 0 Å². The molecule has 4 N–H and O–H groups in total. The maximum absolute atomic E-state index is 4.69. The van der Waals surface area contributed by atoms with Crippen molar-refractivity contribution < 1.29 is 0 Å². The highest BCUT2D eigenvalue weighted by molar-refractivity contribution is 5.90. The molecule has 0 aliphatic carbocycles. The van der Waals surface area contributed by atoms with Gasteiger partial charge in [-0.15, -0.1) is 0 Å². The summed E-state index contributed by atoms with van der Waals surface area (Å²) in [5.74, 6) is 0.491. The number of hydrazine groups is 1. The number of hydrogen-bond acceptors (Lipinski definition) is 7. The number of piperidine rings is 2.